The lowest BCUT2D eigenvalue weighted by Gasteiger charge is -2.16. The average molecular weight is 397 g/mol. The molecule has 0 spiro atoms. The number of urea groups is 1. The molecule has 0 radical (unpaired) electrons. The molecule has 0 saturated carbocycles. The maximum absolute atomic E-state index is 12.2. The summed E-state index contributed by atoms with van der Waals surface area (Å²) in [5.41, 5.74) is 3.00. The number of carboxylic acids is 1. The zero-order valence-corrected chi connectivity index (χ0v) is 16.9. The Morgan fingerprint density at radius 1 is 0.966 bits per heavy atom. The Balaban J connectivity index is 1.89. The molecule has 0 bridgehead atoms. The lowest BCUT2D eigenvalue weighted by atomic mass is 10.0. The molecule has 4 N–H and O–H groups in total. The van der Waals surface area contributed by atoms with Gasteiger partial charge < -0.3 is 21.1 Å². The number of carbonyl (C=O) groups is 3. The Bertz CT molecular complexity index is 863. The molecule has 0 saturated heterocycles. The van der Waals surface area contributed by atoms with Gasteiger partial charge in [0.2, 0.25) is 5.91 Å². The number of anilines is 2. The van der Waals surface area contributed by atoms with Crippen LogP contribution in [0.1, 0.15) is 31.4 Å². The van der Waals surface area contributed by atoms with Crippen molar-refractivity contribution in [1.29, 1.82) is 0 Å². The van der Waals surface area contributed by atoms with Crippen LogP contribution in [-0.2, 0) is 16.0 Å². The molecule has 154 valence electrons. The van der Waals surface area contributed by atoms with Crippen LogP contribution >= 0.6 is 0 Å². The second-order valence-electron chi connectivity index (χ2n) is 7.36. The Kier molecular flexibility index (Phi) is 7.77. The number of benzene rings is 2. The van der Waals surface area contributed by atoms with Crippen LogP contribution in [0.5, 0.6) is 0 Å². The van der Waals surface area contributed by atoms with Crippen LogP contribution in [0.3, 0.4) is 0 Å². The number of rotatable bonds is 8. The van der Waals surface area contributed by atoms with Gasteiger partial charge in [-0.15, -0.1) is 0 Å². The van der Waals surface area contributed by atoms with Gasteiger partial charge in [0, 0.05) is 11.4 Å². The van der Waals surface area contributed by atoms with Crippen LogP contribution in [0.25, 0.3) is 0 Å². The summed E-state index contributed by atoms with van der Waals surface area (Å²) in [5, 5.41) is 17.3. The zero-order valence-electron chi connectivity index (χ0n) is 16.9. The Hall–Kier alpha value is -3.35. The second kappa shape index (κ2) is 10.3. The van der Waals surface area contributed by atoms with Crippen molar-refractivity contribution in [3.8, 4) is 0 Å². The molecule has 0 aliphatic heterocycles. The van der Waals surface area contributed by atoms with Gasteiger partial charge in [-0.25, -0.2) is 9.59 Å². The first-order chi connectivity index (χ1) is 13.7. The minimum Gasteiger partial charge on any atom is -0.480 e. The fraction of sp³-hybridized carbons (Fsp3) is 0.318. The molecule has 0 aliphatic rings. The van der Waals surface area contributed by atoms with Crippen LogP contribution in [0.2, 0.25) is 0 Å². The number of nitrogens with one attached hydrogen (secondary N) is 3. The third-order valence-electron chi connectivity index (χ3n) is 4.31. The average Bonchev–Trinajstić information content (AvgIpc) is 2.64. The summed E-state index contributed by atoms with van der Waals surface area (Å²) in [4.78, 5) is 35.5. The van der Waals surface area contributed by atoms with Gasteiger partial charge in [-0.1, -0.05) is 44.2 Å². The molecule has 2 aromatic rings. The first kappa shape index (κ1) is 21.9. The third-order valence-corrected chi connectivity index (χ3v) is 4.31. The molecule has 0 aliphatic carbocycles. The van der Waals surface area contributed by atoms with Gasteiger partial charge in [0.1, 0.15) is 6.04 Å². The van der Waals surface area contributed by atoms with E-state index in [9.17, 15) is 19.5 Å². The lowest BCUT2D eigenvalue weighted by molar-refractivity contribution is -0.142. The van der Waals surface area contributed by atoms with E-state index >= 15 is 0 Å². The number of carboxylic acid groups (broad SMARTS) is 1. The van der Waals surface area contributed by atoms with Crippen molar-refractivity contribution in [3.63, 3.8) is 0 Å². The van der Waals surface area contributed by atoms with E-state index in [2.05, 4.69) is 16.0 Å². The van der Waals surface area contributed by atoms with Crippen molar-refractivity contribution < 1.29 is 19.5 Å². The van der Waals surface area contributed by atoms with Crippen molar-refractivity contribution >= 4 is 29.3 Å². The van der Waals surface area contributed by atoms with Gasteiger partial charge in [0.15, 0.2) is 0 Å². The number of aliphatic carboxylic acids is 1. The topological polar surface area (TPSA) is 108 Å². The van der Waals surface area contributed by atoms with Gasteiger partial charge in [-0.3, -0.25) is 4.79 Å². The normalized spacial score (nSPS) is 11.6. The number of para-hydroxylation sites is 1. The highest BCUT2D eigenvalue weighted by molar-refractivity contribution is 6.00. The first-order valence-electron chi connectivity index (χ1n) is 9.49. The predicted octanol–water partition coefficient (Wildman–Crippen LogP) is 3.80. The highest BCUT2D eigenvalue weighted by atomic mass is 16.4. The van der Waals surface area contributed by atoms with Gasteiger partial charge in [0.25, 0.3) is 0 Å². The van der Waals surface area contributed by atoms with Crippen molar-refractivity contribution in [1.82, 2.24) is 5.32 Å². The summed E-state index contributed by atoms with van der Waals surface area (Å²) >= 11 is 0. The fourth-order valence-corrected chi connectivity index (χ4v) is 2.83. The maximum atomic E-state index is 12.2. The van der Waals surface area contributed by atoms with Crippen molar-refractivity contribution in [2.24, 2.45) is 5.92 Å². The molecule has 7 nitrogen and oxygen atoms in total. The highest BCUT2D eigenvalue weighted by Gasteiger charge is 2.21. The summed E-state index contributed by atoms with van der Waals surface area (Å²) in [6, 6.07) is 13.1. The molecule has 0 aromatic heterocycles. The largest absolute Gasteiger partial charge is 0.480 e. The molecular weight excluding hydrogens is 370 g/mol. The van der Waals surface area contributed by atoms with Crippen molar-refractivity contribution in [3.05, 3.63) is 59.7 Å². The predicted molar refractivity (Wildman–Crippen MR) is 113 cm³/mol. The summed E-state index contributed by atoms with van der Waals surface area (Å²) in [5.74, 6) is -1.23. The molecule has 0 fully saturated rings. The van der Waals surface area contributed by atoms with E-state index in [0.717, 1.165) is 16.8 Å². The SMILES string of the molecule is Cc1ccccc1NC(=O)Nc1ccc(CC(=O)N[C@@H](CC(C)C)C(=O)O)cc1. The van der Waals surface area contributed by atoms with Crippen molar-refractivity contribution in [2.45, 2.75) is 39.7 Å². The first-order valence-corrected chi connectivity index (χ1v) is 9.49. The molecule has 0 unspecified atom stereocenters. The second-order valence-corrected chi connectivity index (χ2v) is 7.36. The van der Waals surface area contributed by atoms with E-state index in [4.69, 9.17) is 0 Å². The Morgan fingerprint density at radius 3 is 2.21 bits per heavy atom. The quantitative estimate of drug-likeness (QED) is 0.543. The minimum atomic E-state index is -1.04. The van der Waals surface area contributed by atoms with E-state index in [-0.39, 0.29) is 24.3 Å². The number of hydrogen-bond acceptors (Lipinski definition) is 3. The number of hydrogen-bond donors (Lipinski definition) is 4. The van der Waals surface area contributed by atoms with Crippen LogP contribution in [0.4, 0.5) is 16.2 Å². The maximum Gasteiger partial charge on any atom is 0.326 e. The van der Waals surface area contributed by atoms with E-state index in [1.807, 2.05) is 45.0 Å². The monoisotopic (exact) mass is 397 g/mol. The van der Waals surface area contributed by atoms with Gasteiger partial charge in [-0.05, 0) is 48.6 Å². The minimum absolute atomic E-state index is 0.0670. The molecule has 3 amide bonds. The van der Waals surface area contributed by atoms with E-state index in [0.29, 0.717) is 12.1 Å². The molecule has 2 aromatic carbocycles. The standard InChI is InChI=1S/C22H27N3O4/c1-14(2)12-19(21(27)28)24-20(26)13-16-8-10-17(11-9-16)23-22(29)25-18-7-5-4-6-15(18)3/h4-11,14,19H,12-13H2,1-3H3,(H,24,26)(H,27,28)(H2,23,25,29)/t19-/m0/s1. The summed E-state index contributed by atoms with van der Waals surface area (Å²) < 4.78 is 0. The molecule has 29 heavy (non-hydrogen) atoms. The van der Waals surface area contributed by atoms with E-state index < -0.39 is 12.0 Å². The lowest BCUT2D eigenvalue weighted by Crippen LogP contribution is -2.42. The smallest absolute Gasteiger partial charge is 0.326 e. The molecule has 2 rings (SSSR count). The van der Waals surface area contributed by atoms with E-state index in [1.54, 1.807) is 24.3 Å². The van der Waals surface area contributed by atoms with Crippen LogP contribution in [-0.4, -0.2) is 29.1 Å². The zero-order chi connectivity index (χ0) is 21.4. The van der Waals surface area contributed by atoms with E-state index in [1.165, 1.54) is 0 Å². The Morgan fingerprint density at radius 2 is 1.62 bits per heavy atom. The molecular formula is C22H27N3O4. The Labute approximate surface area is 170 Å². The summed E-state index contributed by atoms with van der Waals surface area (Å²) in [6.45, 7) is 5.72. The van der Waals surface area contributed by atoms with Gasteiger partial charge >= 0.3 is 12.0 Å². The van der Waals surface area contributed by atoms with Crippen LogP contribution < -0.4 is 16.0 Å². The number of aryl methyl sites for hydroxylation is 1. The molecule has 0 heterocycles. The molecule has 1 atom stereocenters. The van der Waals surface area contributed by atoms with Gasteiger partial charge in [0.05, 0.1) is 6.42 Å². The molecule has 7 heteroatoms. The fourth-order valence-electron chi connectivity index (χ4n) is 2.83. The van der Waals surface area contributed by atoms with Crippen LogP contribution in [0.15, 0.2) is 48.5 Å². The summed E-state index contributed by atoms with van der Waals surface area (Å²) in [6.07, 6.45) is 0.442. The number of carbonyl (C=O) groups excluding carboxylic acids is 2. The van der Waals surface area contributed by atoms with Crippen LogP contribution in [0, 0.1) is 12.8 Å². The van der Waals surface area contributed by atoms with Crippen molar-refractivity contribution in [2.75, 3.05) is 10.6 Å². The highest BCUT2D eigenvalue weighted by Crippen LogP contribution is 2.15. The third kappa shape index (κ3) is 7.29. The summed E-state index contributed by atoms with van der Waals surface area (Å²) in [7, 11) is 0. The van der Waals surface area contributed by atoms with Gasteiger partial charge in [-0.2, -0.15) is 0 Å². The number of amides is 3.